The Labute approximate surface area is 257 Å². The molecule has 0 unspecified atom stereocenters. The highest BCUT2D eigenvalue weighted by Crippen LogP contribution is 2.18. The molecule has 2 heterocycles. The van der Waals surface area contributed by atoms with Crippen LogP contribution in [0.4, 0.5) is 0 Å². The molecule has 1 aliphatic rings. The average Bonchev–Trinajstić information content (AvgIpc) is 3.42. The summed E-state index contributed by atoms with van der Waals surface area (Å²) in [6.45, 7) is 7.45. The van der Waals surface area contributed by atoms with Crippen LogP contribution in [0.5, 0.6) is 0 Å². The number of esters is 1. The predicted molar refractivity (Wildman–Crippen MR) is 166 cm³/mol. The Bertz CT molecular complexity index is 1150. The Hall–Kier alpha value is -2.99. The molecular weight excluding hydrogens is 576 g/mol. The van der Waals surface area contributed by atoms with Gasteiger partial charge in [0.2, 0.25) is 5.91 Å². The number of hydrogen-bond donors (Lipinski definition) is 2. The van der Waals surface area contributed by atoms with Crippen molar-refractivity contribution in [1.29, 1.82) is 0 Å². The number of amides is 3. The number of likely N-dealkylation sites (N-methyl/N-ethyl adjacent to an activating group) is 1. The van der Waals surface area contributed by atoms with Crippen LogP contribution in [-0.4, -0.2) is 63.6 Å². The first kappa shape index (κ1) is 35.2. The van der Waals surface area contributed by atoms with Crippen molar-refractivity contribution in [1.82, 2.24) is 20.5 Å². The van der Waals surface area contributed by atoms with Crippen LogP contribution < -0.4 is 10.6 Å². The van der Waals surface area contributed by atoms with E-state index < -0.39 is 29.9 Å². The lowest BCUT2D eigenvalue weighted by Crippen LogP contribution is -2.49. The lowest BCUT2D eigenvalue weighted by molar-refractivity contribution is -0.158. The summed E-state index contributed by atoms with van der Waals surface area (Å²) in [5, 5.41) is 7.59. The van der Waals surface area contributed by atoms with Crippen molar-refractivity contribution in [3.63, 3.8) is 0 Å². The molecule has 2 N–H and O–H groups in total. The third-order valence-electron chi connectivity index (χ3n) is 6.64. The minimum absolute atomic E-state index is 0.0142. The van der Waals surface area contributed by atoms with Gasteiger partial charge in [-0.15, -0.1) is 11.3 Å². The fourth-order valence-corrected chi connectivity index (χ4v) is 5.84. The number of ether oxygens (including phenoxy) is 1. The van der Waals surface area contributed by atoms with Gasteiger partial charge in [0.05, 0.1) is 13.0 Å². The van der Waals surface area contributed by atoms with E-state index in [1.54, 1.807) is 32.2 Å². The fraction of sp³-hybridized carbons (Fsp3) is 0.600. The maximum Gasteiger partial charge on any atom is 0.329 e. The second-order valence-electron chi connectivity index (χ2n) is 10.4. The number of nitrogens with one attached hydrogen (secondary N) is 2. The topological polar surface area (TPSA) is 135 Å². The molecule has 232 valence electrons. The number of thioether (sulfide) groups is 1. The third kappa shape index (κ3) is 11.7. The number of aromatic nitrogens is 1. The van der Waals surface area contributed by atoms with Crippen LogP contribution in [0, 0.1) is 5.92 Å². The van der Waals surface area contributed by atoms with Gasteiger partial charge in [-0.1, -0.05) is 70.4 Å². The van der Waals surface area contributed by atoms with Crippen molar-refractivity contribution in [2.45, 2.75) is 97.8 Å². The molecule has 0 spiro atoms. The molecule has 10 nitrogen and oxygen atoms in total. The molecule has 0 radical (unpaired) electrons. The van der Waals surface area contributed by atoms with E-state index in [4.69, 9.17) is 4.74 Å². The molecular formula is C30H44N4O6S2. The van der Waals surface area contributed by atoms with Gasteiger partial charge in [0.15, 0.2) is 5.12 Å². The van der Waals surface area contributed by atoms with Gasteiger partial charge in [-0.25, -0.2) is 9.78 Å². The predicted octanol–water partition coefficient (Wildman–Crippen LogP) is 4.76. The summed E-state index contributed by atoms with van der Waals surface area (Å²) in [6.07, 6.45) is 10.6. The van der Waals surface area contributed by atoms with E-state index in [2.05, 4.69) is 22.5 Å². The average molecular weight is 621 g/mol. The van der Waals surface area contributed by atoms with Gasteiger partial charge in [-0.05, 0) is 31.8 Å². The highest BCUT2D eigenvalue weighted by Gasteiger charge is 2.34. The molecule has 1 aromatic rings. The summed E-state index contributed by atoms with van der Waals surface area (Å²) in [7, 11) is 1.48. The Kier molecular flexibility index (Phi) is 15.5. The second kappa shape index (κ2) is 18.5. The summed E-state index contributed by atoms with van der Waals surface area (Å²) < 4.78 is 5.77. The van der Waals surface area contributed by atoms with Crippen LogP contribution in [0.1, 0.15) is 94.6 Å². The van der Waals surface area contributed by atoms with Crippen LogP contribution in [0.3, 0.4) is 0 Å². The molecule has 2 bridgehead atoms. The number of cyclic esters (lactones) is 1. The molecule has 0 fully saturated rings. The molecule has 1 aromatic heterocycles. The SMILES string of the molecule is CC=C1NC(=O)c2csc(n2)CNC(=O)C[C@@H](C=CCCSC(=O)CCCCCCC)OC(=O)[C@H](C(C)C)N(C)C1=O. The normalized spacial score (nSPS) is 20.2. The molecule has 12 heteroatoms. The van der Waals surface area contributed by atoms with Gasteiger partial charge >= 0.3 is 5.97 Å². The van der Waals surface area contributed by atoms with Crippen molar-refractivity contribution in [3.8, 4) is 0 Å². The largest absolute Gasteiger partial charge is 0.456 e. The highest BCUT2D eigenvalue weighted by atomic mass is 32.2. The molecule has 42 heavy (non-hydrogen) atoms. The smallest absolute Gasteiger partial charge is 0.329 e. The zero-order valence-electron chi connectivity index (χ0n) is 25.3. The number of carbonyl (C=O) groups is 5. The monoisotopic (exact) mass is 620 g/mol. The Morgan fingerprint density at radius 3 is 2.64 bits per heavy atom. The summed E-state index contributed by atoms with van der Waals surface area (Å²) in [6, 6.07) is -0.965. The Morgan fingerprint density at radius 2 is 1.95 bits per heavy atom. The molecule has 1 aliphatic heterocycles. The van der Waals surface area contributed by atoms with Crippen LogP contribution in [0.25, 0.3) is 0 Å². The number of thiazole rings is 1. The Morgan fingerprint density at radius 1 is 1.21 bits per heavy atom. The van der Waals surface area contributed by atoms with Crippen LogP contribution in [-0.2, 0) is 30.5 Å². The van der Waals surface area contributed by atoms with Crippen LogP contribution >= 0.6 is 23.1 Å². The van der Waals surface area contributed by atoms with Gasteiger partial charge in [0.1, 0.15) is 28.5 Å². The summed E-state index contributed by atoms with van der Waals surface area (Å²) in [4.78, 5) is 69.8. The van der Waals surface area contributed by atoms with Gasteiger partial charge in [-0.2, -0.15) is 0 Å². The Balaban J connectivity index is 2.15. The molecule has 0 saturated carbocycles. The minimum atomic E-state index is -0.965. The van der Waals surface area contributed by atoms with Crippen molar-refractivity contribution in [2.24, 2.45) is 5.92 Å². The quantitative estimate of drug-likeness (QED) is 0.157. The maximum absolute atomic E-state index is 13.4. The van der Waals surface area contributed by atoms with E-state index in [0.29, 0.717) is 23.6 Å². The molecule has 0 saturated heterocycles. The molecule has 2 atom stereocenters. The highest BCUT2D eigenvalue weighted by molar-refractivity contribution is 8.13. The number of unbranched alkanes of at least 4 members (excludes halogenated alkanes) is 4. The van der Waals surface area contributed by atoms with Crippen molar-refractivity contribution < 1.29 is 28.7 Å². The number of hydrogen-bond acceptors (Lipinski definition) is 9. The molecule has 2 rings (SSSR count). The summed E-state index contributed by atoms with van der Waals surface area (Å²) >= 11 is 2.50. The first-order valence-electron chi connectivity index (χ1n) is 14.6. The van der Waals surface area contributed by atoms with E-state index in [1.807, 2.05) is 6.08 Å². The van der Waals surface area contributed by atoms with E-state index in [1.165, 1.54) is 54.0 Å². The van der Waals surface area contributed by atoms with Crippen LogP contribution in [0.2, 0.25) is 0 Å². The summed E-state index contributed by atoms with van der Waals surface area (Å²) in [5.74, 6) is -1.86. The van der Waals surface area contributed by atoms with E-state index in [0.717, 1.165) is 19.3 Å². The fourth-order valence-electron chi connectivity index (χ4n) is 4.36. The number of carbonyl (C=O) groups excluding carboxylic acids is 5. The van der Waals surface area contributed by atoms with Crippen molar-refractivity contribution in [3.05, 3.63) is 40.0 Å². The number of nitrogens with zero attached hydrogens (tertiary/aromatic N) is 2. The van der Waals surface area contributed by atoms with Gasteiger partial charge in [-0.3, -0.25) is 19.2 Å². The first-order chi connectivity index (χ1) is 20.1. The molecule has 3 amide bonds. The number of fused-ring (bicyclic) bond motifs is 2. The second-order valence-corrected chi connectivity index (χ2v) is 12.5. The van der Waals surface area contributed by atoms with Gasteiger partial charge in [0, 0.05) is 24.6 Å². The summed E-state index contributed by atoms with van der Waals surface area (Å²) in [5.41, 5.74) is 0.139. The van der Waals surface area contributed by atoms with Gasteiger partial charge < -0.3 is 20.3 Å². The number of rotatable bonds is 11. The zero-order chi connectivity index (χ0) is 31.1. The lowest BCUT2D eigenvalue weighted by atomic mass is 10.0. The van der Waals surface area contributed by atoms with E-state index in [9.17, 15) is 24.0 Å². The molecule has 0 aromatic carbocycles. The maximum atomic E-state index is 13.4. The van der Waals surface area contributed by atoms with Crippen LogP contribution in [0.15, 0.2) is 29.3 Å². The first-order valence-corrected chi connectivity index (χ1v) is 16.4. The van der Waals surface area contributed by atoms with Crippen molar-refractivity contribution >= 4 is 51.9 Å². The lowest BCUT2D eigenvalue weighted by Gasteiger charge is -2.31. The standard InChI is InChI=1S/C30H44N4O6S2/c1-6-8-9-10-11-15-26(36)41-16-13-12-14-21-17-24(35)31-18-25-32-23(19-42-25)28(37)33-22(7-2)29(38)34(5)27(20(3)4)30(39)40-21/h7,12,14,19-21,27H,6,8-11,13,15-18H2,1-5H3,(H,31,35)(H,33,37)/t21-,27+/m1/s1. The van der Waals surface area contributed by atoms with E-state index >= 15 is 0 Å². The van der Waals surface area contributed by atoms with Crippen molar-refractivity contribution in [2.75, 3.05) is 12.8 Å². The molecule has 0 aliphatic carbocycles. The van der Waals surface area contributed by atoms with Gasteiger partial charge in [0.25, 0.3) is 11.8 Å². The zero-order valence-corrected chi connectivity index (χ0v) is 26.9. The third-order valence-corrected chi connectivity index (χ3v) is 8.45. The minimum Gasteiger partial charge on any atom is -0.456 e. The van der Waals surface area contributed by atoms with E-state index in [-0.39, 0.29) is 41.3 Å². The number of allylic oxidation sites excluding steroid dienone is 2.